The van der Waals surface area contributed by atoms with Crippen LogP contribution in [0.3, 0.4) is 0 Å². The van der Waals surface area contributed by atoms with Gasteiger partial charge in [0, 0.05) is 5.92 Å². The van der Waals surface area contributed by atoms with Crippen LogP contribution in [-0.4, -0.2) is 27.0 Å². The lowest BCUT2D eigenvalue weighted by atomic mass is 10.1. The highest BCUT2D eigenvalue weighted by Gasteiger charge is 2.74. The number of carbonyl (C=O) groups is 1. The third-order valence-corrected chi connectivity index (χ3v) is 12.2. The standard InChI is InChI=1S/C17H32O3Si/c1-11(2)21(12(3)4,13(5)6)20-17-10-8-9-14(17)15(17)16(18)19-7/h11-15H,8-10H2,1-7H3/t14-,15+,17+/m1/s1. The summed E-state index contributed by atoms with van der Waals surface area (Å²) in [5.41, 5.74) is 1.50. The fourth-order valence-corrected chi connectivity index (χ4v) is 11.0. The van der Waals surface area contributed by atoms with Gasteiger partial charge in [0.25, 0.3) is 0 Å². The van der Waals surface area contributed by atoms with Crippen molar-refractivity contribution in [3.63, 3.8) is 0 Å². The summed E-state index contributed by atoms with van der Waals surface area (Å²) < 4.78 is 12.0. The average Bonchev–Trinajstić information content (AvgIpc) is 2.81. The van der Waals surface area contributed by atoms with Crippen molar-refractivity contribution in [2.24, 2.45) is 11.8 Å². The van der Waals surface area contributed by atoms with E-state index < -0.39 is 8.32 Å². The second-order valence-electron chi connectivity index (χ2n) is 7.87. The summed E-state index contributed by atoms with van der Waals surface area (Å²) in [5, 5.41) is 0. The molecule has 4 heteroatoms. The second kappa shape index (κ2) is 5.69. The Bertz CT molecular complexity index is 383. The number of hydrogen-bond acceptors (Lipinski definition) is 3. The summed E-state index contributed by atoms with van der Waals surface area (Å²) in [4.78, 5) is 12.1. The Morgan fingerprint density at radius 2 is 1.62 bits per heavy atom. The van der Waals surface area contributed by atoms with Crippen molar-refractivity contribution < 1.29 is 14.0 Å². The molecule has 0 aromatic rings. The summed E-state index contributed by atoms with van der Waals surface area (Å²) in [7, 11) is -0.429. The van der Waals surface area contributed by atoms with Gasteiger partial charge in [-0.1, -0.05) is 48.0 Å². The molecule has 0 aromatic heterocycles. The van der Waals surface area contributed by atoms with Crippen LogP contribution in [0.25, 0.3) is 0 Å². The molecule has 3 nitrogen and oxygen atoms in total. The molecule has 0 saturated heterocycles. The number of ether oxygens (including phenoxy) is 1. The Labute approximate surface area is 130 Å². The Balaban J connectivity index is 2.30. The van der Waals surface area contributed by atoms with Gasteiger partial charge < -0.3 is 9.16 Å². The summed E-state index contributed by atoms with van der Waals surface area (Å²) >= 11 is 0. The van der Waals surface area contributed by atoms with Gasteiger partial charge in [-0.15, -0.1) is 0 Å². The lowest BCUT2D eigenvalue weighted by molar-refractivity contribution is -0.144. The zero-order chi connectivity index (χ0) is 16.0. The van der Waals surface area contributed by atoms with Crippen molar-refractivity contribution >= 4 is 14.3 Å². The van der Waals surface area contributed by atoms with Crippen molar-refractivity contribution in [2.75, 3.05) is 7.11 Å². The molecular formula is C17H32O3Si. The minimum Gasteiger partial charge on any atom is -0.469 e. The molecular weight excluding hydrogens is 280 g/mol. The van der Waals surface area contributed by atoms with Crippen LogP contribution in [-0.2, 0) is 14.0 Å². The van der Waals surface area contributed by atoms with Crippen molar-refractivity contribution in [3.8, 4) is 0 Å². The number of carbonyl (C=O) groups excluding carboxylic acids is 1. The van der Waals surface area contributed by atoms with Crippen LogP contribution in [0, 0.1) is 11.8 Å². The molecule has 2 saturated carbocycles. The van der Waals surface area contributed by atoms with Gasteiger partial charge in [-0.2, -0.15) is 0 Å². The van der Waals surface area contributed by atoms with Crippen LogP contribution in [0.15, 0.2) is 0 Å². The number of esters is 1. The lowest BCUT2D eigenvalue weighted by Crippen LogP contribution is -2.51. The van der Waals surface area contributed by atoms with E-state index in [9.17, 15) is 4.79 Å². The van der Waals surface area contributed by atoms with Gasteiger partial charge in [-0.25, -0.2) is 0 Å². The summed E-state index contributed by atoms with van der Waals surface area (Å²) in [6.07, 6.45) is 3.35. The maximum Gasteiger partial charge on any atom is 0.311 e. The van der Waals surface area contributed by atoms with Crippen LogP contribution < -0.4 is 0 Å². The maximum atomic E-state index is 12.1. The second-order valence-corrected chi connectivity index (χ2v) is 13.2. The average molecular weight is 313 g/mol. The molecule has 2 aliphatic rings. The summed E-state index contributed by atoms with van der Waals surface area (Å²) in [6, 6.07) is 0. The molecule has 2 aliphatic carbocycles. The number of rotatable bonds is 6. The van der Waals surface area contributed by atoms with Crippen LogP contribution in [0.1, 0.15) is 60.8 Å². The zero-order valence-corrected chi connectivity index (χ0v) is 15.7. The van der Waals surface area contributed by atoms with E-state index in [-0.39, 0.29) is 17.5 Å². The van der Waals surface area contributed by atoms with Gasteiger partial charge in [0.2, 0.25) is 8.32 Å². The molecule has 0 radical (unpaired) electrons. The van der Waals surface area contributed by atoms with Crippen LogP contribution >= 0.6 is 0 Å². The van der Waals surface area contributed by atoms with E-state index in [2.05, 4.69) is 41.5 Å². The minimum absolute atomic E-state index is 0.000579. The van der Waals surface area contributed by atoms with E-state index >= 15 is 0 Å². The number of fused-ring (bicyclic) bond motifs is 1. The number of hydrogen-bond donors (Lipinski definition) is 0. The van der Waals surface area contributed by atoms with E-state index in [1.54, 1.807) is 0 Å². The molecule has 2 rings (SSSR count). The molecule has 0 amide bonds. The molecule has 0 unspecified atom stereocenters. The highest BCUT2D eigenvalue weighted by Crippen LogP contribution is 2.66. The normalized spacial score (nSPS) is 31.9. The zero-order valence-electron chi connectivity index (χ0n) is 14.7. The summed E-state index contributed by atoms with van der Waals surface area (Å²) in [5.74, 6) is 0.353. The highest BCUT2D eigenvalue weighted by atomic mass is 28.4. The van der Waals surface area contributed by atoms with Gasteiger partial charge in [-0.05, 0) is 29.5 Å². The van der Waals surface area contributed by atoms with Crippen LogP contribution in [0.2, 0.25) is 16.6 Å². The molecule has 0 bridgehead atoms. The Morgan fingerprint density at radius 1 is 1.10 bits per heavy atom. The molecule has 0 spiro atoms. The SMILES string of the molecule is COC(=O)[C@@H]1[C@H]2CCC[C@]21O[Si](C(C)C)(C(C)C)C(C)C. The van der Waals surface area contributed by atoms with Crippen molar-refractivity contribution in [2.45, 2.75) is 83.0 Å². The van der Waals surface area contributed by atoms with Crippen molar-refractivity contribution in [1.29, 1.82) is 0 Å². The molecule has 0 aromatic carbocycles. The lowest BCUT2D eigenvalue weighted by Gasteiger charge is -2.45. The fourth-order valence-electron chi connectivity index (χ4n) is 5.21. The molecule has 21 heavy (non-hydrogen) atoms. The first-order chi connectivity index (χ1) is 9.74. The van der Waals surface area contributed by atoms with Crippen LogP contribution in [0.5, 0.6) is 0 Å². The molecule has 3 atom stereocenters. The van der Waals surface area contributed by atoms with E-state index in [0.717, 1.165) is 12.8 Å². The molecule has 0 N–H and O–H groups in total. The fraction of sp³-hybridized carbons (Fsp3) is 0.941. The predicted molar refractivity (Wildman–Crippen MR) is 87.7 cm³/mol. The van der Waals surface area contributed by atoms with Crippen LogP contribution in [0.4, 0.5) is 0 Å². The van der Waals surface area contributed by atoms with Gasteiger partial charge in [-0.3, -0.25) is 4.79 Å². The predicted octanol–water partition coefficient (Wildman–Crippen LogP) is 4.52. The summed E-state index contributed by atoms with van der Waals surface area (Å²) in [6.45, 7) is 13.8. The van der Waals surface area contributed by atoms with E-state index in [1.807, 2.05) is 0 Å². The Morgan fingerprint density at radius 3 is 2.05 bits per heavy atom. The van der Waals surface area contributed by atoms with Gasteiger partial charge in [0.15, 0.2) is 0 Å². The monoisotopic (exact) mass is 312 g/mol. The van der Waals surface area contributed by atoms with Crippen molar-refractivity contribution in [3.05, 3.63) is 0 Å². The van der Waals surface area contributed by atoms with E-state index in [4.69, 9.17) is 9.16 Å². The largest absolute Gasteiger partial charge is 0.469 e. The number of methoxy groups -OCH3 is 1. The first-order valence-corrected chi connectivity index (χ1v) is 10.7. The van der Waals surface area contributed by atoms with E-state index in [0.29, 0.717) is 22.5 Å². The van der Waals surface area contributed by atoms with Crippen molar-refractivity contribution in [1.82, 2.24) is 0 Å². The third kappa shape index (κ3) is 2.39. The smallest absolute Gasteiger partial charge is 0.311 e. The van der Waals surface area contributed by atoms with Gasteiger partial charge in [0.05, 0.1) is 18.6 Å². The van der Waals surface area contributed by atoms with E-state index in [1.165, 1.54) is 13.5 Å². The van der Waals surface area contributed by atoms with Gasteiger partial charge in [0.1, 0.15) is 0 Å². The highest BCUT2D eigenvalue weighted by molar-refractivity contribution is 6.77. The minimum atomic E-state index is -1.93. The quantitative estimate of drug-likeness (QED) is 0.534. The Kier molecular flexibility index (Phi) is 4.61. The molecule has 0 aliphatic heterocycles. The topological polar surface area (TPSA) is 35.5 Å². The first kappa shape index (κ1) is 17.0. The maximum absolute atomic E-state index is 12.1. The molecule has 0 heterocycles. The molecule has 2 fully saturated rings. The van der Waals surface area contributed by atoms with Gasteiger partial charge >= 0.3 is 5.97 Å². The third-order valence-electron chi connectivity index (χ3n) is 6.06. The first-order valence-electron chi connectivity index (χ1n) is 8.52. The molecule has 122 valence electrons. The Hall–Kier alpha value is -0.353.